The summed E-state index contributed by atoms with van der Waals surface area (Å²) < 4.78 is 1.21. The van der Waals surface area contributed by atoms with E-state index >= 15 is 0 Å². The number of thiazole rings is 1. The molecular weight excluding hydrogens is 242 g/mol. The second kappa shape index (κ2) is 4.74. The minimum atomic E-state index is 0.747. The van der Waals surface area contributed by atoms with E-state index in [9.17, 15) is 0 Å². The monoisotopic (exact) mass is 255 g/mol. The van der Waals surface area contributed by atoms with Crippen LogP contribution in [0.25, 0.3) is 10.2 Å². The van der Waals surface area contributed by atoms with Crippen LogP contribution in [-0.2, 0) is 6.54 Å². The highest BCUT2D eigenvalue weighted by Crippen LogP contribution is 2.22. The lowest BCUT2D eigenvalue weighted by molar-refractivity contribution is 1.02. The second-order valence-electron chi connectivity index (χ2n) is 4.16. The van der Waals surface area contributed by atoms with Gasteiger partial charge in [-0.1, -0.05) is 6.07 Å². The van der Waals surface area contributed by atoms with Crippen molar-refractivity contribution in [1.29, 1.82) is 0 Å². The molecule has 1 N–H and O–H groups in total. The molecule has 0 bridgehead atoms. The number of hydrogen-bond acceptors (Lipinski definition) is 4. The molecule has 0 spiro atoms. The van der Waals surface area contributed by atoms with Gasteiger partial charge in [0.15, 0.2) is 0 Å². The molecule has 0 aliphatic carbocycles. The van der Waals surface area contributed by atoms with Gasteiger partial charge in [0.2, 0.25) is 0 Å². The van der Waals surface area contributed by atoms with Gasteiger partial charge >= 0.3 is 0 Å². The van der Waals surface area contributed by atoms with Crippen LogP contribution < -0.4 is 5.32 Å². The molecule has 0 unspecified atom stereocenters. The maximum Gasteiger partial charge on any atom is 0.0813 e. The fourth-order valence-corrected chi connectivity index (χ4v) is 2.57. The molecule has 0 saturated carbocycles. The van der Waals surface area contributed by atoms with Gasteiger partial charge in [0, 0.05) is 11.9 Å². The summed E-state index contributed by atoms with van der Waals surface area (Å²) in [4.78, 5) is 8.64. The molecule has 0 saturated heterocycles. The first-order valence-corrected chi connectivity index (χ1v) is 6.68. The highest BCUT2D eigenvalue weighted by Gasteiger charge is 2.01. The quantitative estimate of drug-likeness (QED) is 0.777. The maximum absolute atomic E-state index is 4.37. The number of rotatable bonds is 3. The zero-order valence-corrected chi connectivity index (χ0v) is 10.9. The number of benzene rings is 1. The minimum Gasteiger partial charge on any atom is -0.379 e. The molecular formula is C14H13N3S. The van der Waals surface area contributed by atoms with Crippen LogP contribution in [0.5, 0.6) is 0 Å². The van der Waals surface area contributed by atoms with E-state index in [0.717, 1.165) is 23.4 Å². The molecule has 0 aliphatic rings. The summed E-state index contributed by atoms with van der Waals surface area (Å²) in [5.74, 6) is 0. The van der Waals surface area contributed by atoms with Gasteiger partial charge < -0.3 is 5.32 Å². The van der Waals surface area contributed by atoms with E-state index in [1.807, 2.05) is 23.8 Å². The average molecular weight is 255 g/mol. The number of pyridine rings is 1. The number of aromatic nitrogens is 2. The van der Waals surface area contributed by atoms with Crippen molar-refractivity contribution in [3.63, 3.8) is 0 Å². The summed E-state index contributed by atoms with van der Waals surface area (Å²) in [5.41, 5.74) is 6.33. The van der Waals surface area contributed by atoms with Gasteiger partial charge in [-0.3, -0.25) is 4.98 Å². The predicted molar refractivity (Wildman–Crippen MR) is 75.9 cm³/mol. The van der Waals surface area contributed by atoms with Gasteiger partial charge in [0.25, 0.3) is 0 Å². The van der Waals surface area contributed by atoms with E-state index in [4.69, 9.17) is 0 Å². The van der Waals surface area contributed by atoms with Crippen LogP contribution in [0.15, 0.2) is 42.0 Å². The number of anilines is 1. The Labute approximate surface area is 110 Å². The average Bonchev–Trinajstić information content (AvgIpc) is 2.85. The standard InChI is InChI=1S/C14H13N3S/c1-10-3-2-6-15-13(10)8-16-11-4-5-12-14(7-11)18-9-17-12/h2-7,9,16H,8H2,1H3. The molecule has 0 fully saturated rings. The molecule has 0 amide bonds. The Morgan fingerprint density at radius 1 is 1.22 bits per heavy atom. The van der Waals surface area contributed by atoms with Crippen LogP contribution in [0.4, 0.5) is 5.69 Å². The lowest BCUT2D eigenvalue weighted by atomic mass is 10.2. The van der Waals surface area contributed by atoms with Gasteiger partial charge in [0.05, 0.1) is 28.0 Å². The summed E-state index contributed by atoms with van der Waals surface area (Å²) in [6, 6.07) is 10.3. The Hall–Kier alpha value is -1.94. The third kappa shape index (κ3) is 2.19. The summed E-state index contributed by atoms with van der Waals surface area (Å²) in [5, 5.41) is 3.40. The van der Waals surface area contributed by atoms with Gasteiger partial charge in [-0.25, -0.2) is 4.98 Å². The Kier molecular flexibility index (Phi) is 2.94. The maximum atomic E-state index is 4.37. The molecule has 4 heteroatoms. The highest BCUT2D eigenvalue weighted by molar-refractivity contribution is 7.16. The first-order valence-electron chi connectivity index (χ1n) is 5.80. The van der Waals surface area contributed by atoms with Crippen LogP contribution in [0.3, 0.4) is 0 Å². The molecule has 18 heavy (non-hydrogen) atoms. The van der Waals surface area contributed by atoms with Crippen molar-refractivity contribution in [2.45, 2.75) is 13.5 Å². The summed E-state index contributed by atoms with van der Waals surface area (Å²) in [7, 11) is 0. The van der Waals surface area contributed by atoms with Crippen molar-refractivity contribution >= 4 is 27.2 Å². The van der Waals surface area contributed by atoms with Crippen LogP contribution >= 0.6 is 11.3 Å². The smallest absolute Gasteiger partial charge is 0.0813 e. The van der Waals surface area contributed by atoms with Gasteiger partial charge in [-0.15, -0.1) is 11.3 Å². The van der Waals surface area contributed by atoms with Gasteiger partial charge in [-0.2, -0.15) is 0 Å². The molecule has 2 aromatic heterocycles. The SMILES string of the molecule is Cc1cccnc1CNc1ccc2ncsc2c1. The first kappa shape index (κ1) is 11.2. The molecule has 0 aliphatic heterocycles. The van der Waals surface area contributed by atoms with E-state index in [1.54, 1.807) is 11.3 Å². The van der Waals surface area contributed by atoms with Crippen molar-refractivity contribution in [2.75, 3.05) is 5.32 Å². The van der Waals surface area contributed by atoms with Gasteiger partial charge in [0.1, 0.15) is 0 Å². The van der Waals surface area contributed by atoms with E-state index < -0.39 is 0 Å². The normalized spacial score (nSPS) is 10.7. The zero-order chi connectivity index (χ0) is 12.4. The van der Waals surface area contributed by atoms with Gasteiger partial charge in [-0.05, 0) is 36.8 Å². The molecule has 0 radical (unpaired) electrons. The van der Waals surface area contributed by atoms with E-state index in [2.05, 4.69) is 40.4 Å². The summed E-state index contributed by atoms with van der Waals surface area (Å²) >= 11 is 1.66. The van der Waals surface area contributed by atoms with Crippen molar-refractivity contribution < 1.29 is 0 Å². The van der Waals surface area contributed by atoms with Crippen LogP contribution in [0.1, 0.15) is 11.3 Å². The van der Waals surface area contributed by atoms with E-state index in [0.29, 0.717) is 0 Å². The van der Waals surface area contributed by atoms with E-state index in [1.165, 1.54) is 10.3 Å². The zero-order valence-electron chi connectivity index (χ0n) is 10.1. The lowest BCUT2D eigenvalue weighted by Crippen LogP contribution is -2.03. The molecule has 0 atom stereocenters. The third-order valence-electron chi connectivity index (χ3n) is 2.91. The Balaban J connectivity index is 1.78. The second-order valence-corrected chi connectivity index (χ2v) is 5.04. The number of aryl methyl sites for hydroxylation is 1. The van der Waals surface area contributed by atoms with Crippen LogP contribution in [-0.4, -0.2) is 9.97 Å². The Morgan fingerprint density at radius 3 is 3.06 bits per heavy atom. The fraction of sp³-hybridized carbons (Fsp3) is 0.143. The van der Waals surface area contributed by atoms with E-state index in [-0.39, 0.29) is 0 Å². The largest absolute Gasteiger partial charge is 0.379 e. The Morgan fingerprint density at radius 2 is 2.17 bits per heavy atom. The molecule has 3 aromatic rings. The summed E-state index contributed by atoms with van der Waals surface area (Å²) in [6.45, 7) is 2.83. The molecule has 90 valence electrons. The lowest BCUT2D eigenvalue weighted by Gasteiger charge is -2.07. The van der Waals surface area contributed by atoms with Crippen molar-refractivity contribution in [2.24, 2.45) is 0 Å². The topological polar surface area (TPSA) is 37.8 Å². The van der Waals surface area contributed by atoms with Crippen molar-refractivity contribution in [3.8, 4) is 0 Å². The molecule has 3 nitrogen and oxygen atoms in total. The Bertz CT molecular complexity index is 675. The molecule has 1 aromatic carbocycles. The summed E-state index contributed by atoms with van der Waals surface area (Å²) in [6.07, 6.45) is 1.83. The highest BCUT2D eigenvalue weighted by atomic mass is 32.1. The van der Waals surface area contributed by atoms with Crippen LogP contribution in [0, 0.1) is 6.92 Å². The van der Waals surface area contributed by atoms with Crippen molar-refractivity contribution in [3.05, 3.63) is 53.3 Å². The molecule has 3 rings (SSSR count). The number of fused-ring (bicyclic) bond motifs is 1. The fourth-order valence-electron chi connectivity index (χ4n) is 1.85. The first-order chi connectivity index (χ1) is 8.83. The molecule has 2 heterocycles. The number of hydrogen-bond donors (Lipinski definition) is 1. The minimum absolute atomic E-state index is 0.747. The number of nitrogens with zero attached hydrogens (tertiary/aromatic N) is 2. The number of nitrogens with one attached hydrogen (secondary N) is 1. The van der Waals surface area contributed by atoms with Crippen LogP contribution in [0.2, 0.25) is 0 Å². The third-order valence-corrected chi connectivity index (χ3v) is 3.70. The predicted octanol–water partition coefficient (Wildman–Crippen LogP) is 3.61. The van der Waals surface area contributed by atoms with Crippen molar-refractivity contribution in [1.82, 2.24) is 9.97 Å².